The second kappa shape index (κ2) is 4.88. The molecule has 0 radical (unpaired) electrons. The van der Waals surface area contributed by atoms with Crippen molar-refractivity contribution in [3.8, 4) is 0 Å². The van der Waals surface area contributed by atoms with E-state index in [1.807, 2.05) is 6.07 Å². The van der Waals surface area contributed by atoms with E-state index in [1.165, 1.54) is 36.8 Å². The van der Waals surface area contributed by atoms with Crippen molar-refractivity contribution in [1.29, 1.82) is 0 Å². The molecular formula is C17H22N2O. The van der Waals surface area contributed by atoms with E-state index in [-0.39, 0.29) is 5.91 Å². The van der Waals surface area contributed by atoms with Crippen molar-refractivity contribution in [3.63, 3.8) is 0 Å². The van der Waals surface area contributed by atoms with Crippen molar-refractivity contribution in [1.82, 2.24) is 10.6 Å². The van der Waals surface area contributed by atoms with E-state index in [9.17, 15) is 4.79 Å². The van der Waals surface area contributed by atoms with E-state index in [1.54, 1.807) is 0 Å². The Bertz CT molecular complexity index is 520. The normalized spacial score (nSPS) is 21.6. The Kier molecular flexibility index (Phi) is 3.03. The first-order valence-corrected chi connectivity index (χ1v) is 7.94. The van der Waals surface area contributed by atoms with Crippen LogP contribution in [0.15, 0.2) is 18.2 Å². The zero-order valence-corrected chi connectivity index (χ0v) is 11.8. The first kappa shape index (κ1) is 12.4. The van der Waals surface area contributed by atoms with Gasteiger partial charge in [-0.1, -0.05) is 6.07 Å². The molecule has 106 valence electrons. The molecule has 0 aromatic heterocycles. The summed E-state index contributed by atoms with van der Waals surface area (Å²) in [6, 6.07) is 6.65. The molecule has 0 spiro atoms. The molecule has 2 N–H and O–H groups in total. The number of rotatable bonds is 4. The van der Waals surface area contributed by atoms with Crippen molar-refractivity contribution in [2.24, 2.45) is 11.8 Å². The highest BCUT2D eigenvalue weighted by atomic mass is 16.1. The van der Waals surface area contributed by atoms with Crippen LogP contribution < -0.4 is 10.6 Å². The standard InChI is InChI=1S/C17H22N2O/c20-17(19-16(12-2-3-12)13-4-5-13)14-6-1-11-7-8-18-10-15(11)9-14/h1,6,9,12-13,16,18H,2-5,7-8,10H2,(H,19,20). The molecule has 0 bridgehead atoms. The SMILES string of the molecule is O=C(NC(C1CC1)C1CC1)c1ccc2c(c1)CNCC2. The highest BCUT2D eigenvalue weighted by Gasteiger charge is 2.42. The summed E-state index contributed by atoms with van der Waals surface area (Å²) >= 11 is 0. The second-order valence-corrected chi connectivity index (χ2v) is 6.58. The molecule has 3 aliphatic rings. The minimum absolute atomic E-state index is 0.127. The zero-order valence-electron chi connectivity index (χ0n) is 11.8. The molecule has 1 aromatic rings. The summed E-state index contributed by atoms with van der Waals surface area (Å²) in [5, 5.41) is 6.68. The monoisotopic (exact) mass is 270 g/mol. The van der Waals surface area contributed by atoms with E-state index in [2.05, 4.69) is 22.8 Å². The third-order valence-electron chi connectivity index (χ3n) is 4.91. The summed E-state index contributed by atoms with van der Waals surface area (Å²) in [6.45, 7) is 1.94. The number of hydrogen-bond acceptors (Lipinski definition) is 2. The van der Waals surface area contributed by atoms with E-state index >= 15 is 0 Å². The lowest BCUT2D eigenvalue weighted by atomic mass is 9.98. The molecule has 1 amide bonds. The molecule has 1 heterocycles. The minimum atomic E-state index is 0.127. The maximum absolute atomic E-state index is 12.5. The molecular weight excluding hydrogens is 248 g/mol. The fourth-order valence-electron chi connectivity index (χ4n) is 3.39. The molecule has 2 saturated carbocycles. The van der Waals surface area contributed by atoms with Crippen molar-refractivity contribution >= 4 is 5.91 Å². The number of carbonyl (C=O) groups is 1. The highest BCUT2D eigenvalue weighted by Crippen LogP contribution is 2.44. The number of carbonyl (C=O) groups excluding carboxylic acids is 1. The van der Waals surface area contributed by atoms with Gasteiger partial charge in [0.25, 0.3) is 5.91 Å². The lowest BCUT2D eigenvalue weighted by Crippen LogP contribution is -2.38. The van der Waals surface area contributed by atoms with Crippen LogP contribution in [0.1, 0.15) is 47.2 Å². The summed E-state index contributed by atoms with van der Waals surface area (Å²) in [5.74, 6) is 1.64. The molecule has 0 unspecified atom stereocenters. The third kappa shape index (κ3) is 2.47. The Balaban J connectivity index is 1.49. The van der Waals surface area contributed by atoms with E-state index in [4.69, 9.17) is 0 Å². The first-order valence-electron chi connectivity index (χ1n) is 7.94. The van der Waals surface area contributed by atoms with Crippen LogP contribution >= 0.6 is 0 Å². The predicted molar refractivity (Wildman–Crippen MR) is 78.6 cm³/mol. The molecule has 0 atom stereocenters. The second-order valence-electron chi connectivity index (χ2n) is 6.58. The summed E-state index contributed by atoms with van der Waals surface area (Å²) in [6.07, 6.45) is 6.28. The Hall–Kier alpha value is -1.35. The quantitative estimate of drug-likeness (QED) is 0.881. The van der Waals surface area contributed by atoms with Crippen LogP contribution in [-0.2, 0) is 13.0 Å². The fourth-order valence-corrected chi connectivity index (χ4v) is 3.39. The van der Waals surface area contributed by atoms with Gasteiger partial charge in [-0.2, -0.15) is 0 Å². The van der Waals surface area contributed by atoms with Gasteiger partial charge in [-0.15, -0.1) is 0 Å². The summed E-state index contributed by atoms with van der Waals surface area (Å²) < 4.78 is 0. The van der Waals surface area contributed by atoms with Gasteiger partial charge < -0.3 is 10.6 Å². The van der Waals surface area contributed by atoms with E-state index in [0.29, 0.717) is 6.04 Å². The van der Waals surface area contributed by atoms with Gasteiger partial charge >= 0.3 is 0 Å². The lowest BCUT2D eigenvalue weighted by Gasteiger charge is -2.20. The largest absolute Gasteiger partial charge is 0.349 e. The topological polar surface area (TPSA) is 41.1 Å². The van der Waals surface area contributed by atoms with E-state index < -0.39 is 0 Å². The lowest BCUT2D eigenvalue weighted by molar-refractivity contribution is 0.0926. The van der Waals surface area contributed by atoms with Crippen LogP contribution in [0.4, 0.5) is 0 Å². The smallest absolute Gasteiger partial charge is 0.251 e. The Morgan fingerprint density at radius 2 is 1.90 bits per heavy atom. The molecule has 3 nitrogen and oxygen atoms in total. The van der Waals surface area contributed by atoms with Crippen LogP contribution in [0.25, 0.3) is 0 Å². The average molecular weight is 270 g/mol. The van der Waals surface area contributed by atoms with Crippen molar-refractivity contribution in [2.45, 2.75) is 44.7 Å². The van der Waals surface area contributed by atoms with Gasteiger partial charge in [0.05, 0.1) is 0 Å². The fraction of sp³-hybridized carbons (Fsp3) is 0.588. The molecule has 2 fully saturated rings. The van der Waals surface area contributed by atoms with Crippen LogP contribution in [0, 0.1) is 11.8 Å². The number of hydrogen-bond donors (Lipinski definition) is 2. The maximum atomic E-state index is 12.5. The van der Waals surface area contributed by atoms with Crippen molar-refractivity contribution in [3.05, 3.63) is 34.9 Å². The number of nitrogens with one attached hydrogen (secondary N) is 2. The Labute approximate surface area is 120 Å². The average Bonchev–Trinajstić information content (AvgIpc) is 3.37. The molecule has 2 aliphatic carbocycles. The van der Waals surface area contributed by atoms with Crippen molar-refractivity contribution in [2.75, 3.05) is 6.54 Å². The Morgan fingerprint density at radius 3 is 2.60 bits per heavy atom. The van der Waals surface area contributed by atoms with Crippen LogP contribution in [0.5, 0.6) is 0 Å². The molecule has 1 aliphatic heterocycles. The predicted octanol–water partition coefficient (Wildman–Crippen LogP) is 2.25. The maximum Gasteiger partial charge on any atom is 0.251 e. The molecule has 0 saturated heterocycles. The minimum Gasteiger partial charge on any atom is -0.349 e. The van der Waals surface area contributed by atoms with Crippen LogP contribution in [-0.4, -0.2) is 18.5 Å². The first-order chi connectivity index (χ1) is 9.81. The number of fused-ring (bicyclic) bond motifs is 1. The summed E-state index contributed by atoms with van der Waals surface area (Å²) in [7, 11) is 0. The van der Waals surface area contributed by atoms with Crippen molar-refractivity contribution < 1.29 is 4.79 Å². The van der Waals surface area contributed by atoms with Gasteiger partial charge in [0.15, 0.2) is 0 Å². The van der Waals surface area contributed by atoms with Crippen LogP contribution in [0.3, 0.4) is 0 Å². The highest BCUT2D eigenvalue weighted by molar-refractivity contribution is 5.94. The number of amides is 1. The van der Waals surface area contributed by atoms with Gasteiger partial charge in [-0.3, -0.25) is 4.79 Å². The van der Waals surface area contributed by atoms with Gasteiger partial charge in [0, 0.05) is 18.2 Å². The van der Waals surface area contributed by atoms with Gasteiger partial charge in [-0.25, -0.2) is 0 Å². The third-order valence-corrected chi connectivity index (χ3v) is 4.91. The molecule has 4 rings (SSSR count). The summed E-state index contributed by atoms with van der Waals surface area (Å²) in [5.41, 5.74) is 3.51. The van der Waals surface area contributed by atoms with Gasteiger partial charge in [0.1, 0.15) is 0 Å². The number of benzene rings is 1. The Morgan fingerprint density at radius 1 is 1.15 bits per heavy atom. The molecule has 1 aromatic carbocycles. The molecule has 3 heteroatoms. The van der Waals surface area contributed by atoms with Crippen LogP contribution in [0.2, 0.25) is 0 Å². The van der Waals surface area contributed by atoms with Gasteiger partial charge in [-0.05, 0) is 73.7 Å². The zero-order chi connectivity index (χ0) is 13.5. The van der Waals surface area contributed by atoms with Gasteiger partial charge in [0.2, 0.25) is 0 Å². The summed E-state index contributed by atoms with van der Waals surface area (Å²) in [4.78, 5) is 12.5. The molecule has 20 heavy (non-hydrogen) atoms. The van der Waals surface area contributed by atoms with E-state index in [0.717, 1.165) is 36.9 Å².